The third kappa shape index (κ3) is 5.18. The first-order valence-corrected chi connectivity index (χ1v) is 7.12. The second-order valence-electron chi connectivity index (χ2n) is 5.04. The molecule has 0 saturated heterocycles. The predicted octanol–water partition coefficient (Wildman–Crippen LogP) is 2.29. The summed E-state index contributed by atoms with van der Waals surface area (Å²) in [5.74, 6) is 0.117. The van der Waals surface area contributed by atoms with Gasteiger partial charge in [0.05, 0.1) is 25.5 Å². The highest BCUT2D eigenvalue weighted by atomic mass is 16.5. The maximum atomic E-state index is 11.9. The molecule has 22 heavy (non-hydrogen) atoms. The van der Waals surface area contributed by atoms with Crippen LogP contribution >= 0.6 is 0 Å². The first-order chi connectivity index (χ1) is 10.5. The van der Waals surface area contributed by atoms with Crippen molar-refractivity contribution in [2.24, 2.45) is 10.9 Å². The summed E-state index contributed by atoms with van der Waals surface area (Å²) in [6, 6.07) is -0.342. The Morgan fingerprint density at radius 1 is 1.50 bits per heavy atom. The molecule has 0 aliphatic carbocycles. The van der Waals surface area contributed by atoms with E-state index in [0.717, 1.165) is 0 Å². The van der Waals surface area contributed by atoms with Crippen LogP contribution in [0.4, 0.5) is 0 Å². The summed E-state index contributed by atoms with van der Waals surface area (Å²) in [6.45, 7) is 8.17. The Balaban J connectivity index is 3.05. The molecule has 1 unspecified atom stereocenters. The number of esters is 1. The van der Waals surface area contributed by atoms with Gasteiger partial charge in [0.25, 0.3) is 0 Å². The van der Waals surface area contributed by atoms with Gasteiger partial charge in [-0.05, 0) is 25.8 Å². The molecule has 0 radical (unpaired) electrons. The molecule has 0 saturated carbocycles. The van der Waals surface area contributed by atoms with Crippen molar-refractivity contribution < 1.29 is 19.1 Å². The van der Waals surface area contributed by atoms with E-state index in [2.05, 4.69) is 10.1 Å². The lowest BCUT2D eigenvalue weighted by Crippen LogP contribution is -2.11. The SMILES string of the molecule is CCOC(=O)c1cnn(/C=C/C(C)N=C=O)c1OCC(C)C. The number of isocyanates is 1. The molecule has 1 heterocycles. The monoisotopic (exact) mass is 307 g/mol. The van der Waals surface area contributed by atoms with Gasteiger partial charge in [0.1, 0.15) is 5.56 Å². The van der Waals surface area contributed by atoms with Crippen LogP contribution in [-0.2, 0) is 9.53 Å². The first kappa shape index (κ1) is 17.7. The molecule has 1 atom stereocenters. The number of rotatable bonds is 8. The van der Waals surface area contributed by atoms with E-state index < -0.39 is 5.97 Å². The molecule has 0 N–H and O–H groups in total. The van der Waals surface area contributed by atoms with E-state index in [-0.39, 0.29) is 18.2 Å². The molecule has 120 valence electrons. The molecule has 1 aromatic rings. The van der Waals surface area contributed by atoms with Crippen molar-refractivity contribution in [2.75, 3.05) is 13.2 Å². The number of hydrogen-bond acceptors (Lipinski definition) is 6. The highest BCUT2D eigenvalue weighted by Crippen LogP contribution is 2.21. The Bertz CT molecular complexity index is 571. The smallest absolute Gasteiger partial charge is 0.345 e. The van der Waals surface area contributed by atoms with Gasteiger partial charge in [-0.25, -0.2) is 14.3 Å². The van der Waals surface area contributed by atoms with E-state index in [4.69, 9.17) is 9.47 Å². The Hall–Kier alpha value is -2.40. The van der Waals surface area contributed by atoms with Crippen molar-refractivity contribution in [3.8, 4) is 5.88 Å². The molecular weight excluding hydrogens is 286 g/mol. The highest BCUT2D eigenvalue weighted by molar-refractivity contribution is 5.91. The zero-order chi connectivity index (χ0) is 16.5. The van der Waals surface area contributed by atoms with Gasteiger partial charge >= 0.3 is 5.97 Å². The quantitative estimate of drug-likeness (QED) is 0.418. The highest BCUT2D eigenvalue weighted by Gasteiger charge is 2.19. The third-order valence-electron chi connectivity index (χ3n) is 2.56. The average Bonchev–Trinajstić information content (AvgIpc) is 2.86. The number of carbonyl (C=O) groups is 1. The van der Waals surface area contributed by atoms with Gasteiger partial charge in [-0.3, -0.25) is 0 Å². The van der Waals surface area contributed by atoms with E-state index in [1.165, 1.54) is 17.0 Å². The Labute approximate surface area is 129 Å². The molecule has 7 heteroatoms. The van der Waals surface area contributed by atoms with Crippen molar-refractivity contribution >= 4 is 18.2 Å². The number of carbonyl (C=O) groups excluding carboxylic acids is 2. The first-order valence-electron chi connectivity index (χ1n) is 7.12. The minimum absolute atomic E-state index is 0.263. The molecule has 0 bridgehead atoms. The summed E-state index contributed by atoms with van der Waals surface area (Å²) in [5, 5.41) is 4.09. The topological polar surface area (TPSA) is 82.8 Å². The van der Waals surface area contributed by atoms with E-state index in [0.29, 0.717) is 18.4 Å². The maximum absolute atomic E-state index is 11.9. The van der Waals surface area contributed by atoms with Crippen LogP contribution in [0.25, 0.3) is 6.20 Å². The number of aromatic nitrogens is 2. The molecule has 0 fully saturated rings. The molecule has 7 nitrogen and oxygen atoms in total. The zero-order valence-electron chi connectivity index (χ0n) is 13.3. The predicted molar refractivity (Wildman–Crippen MR) is 81.4 cm³/mol. The summed E-state index contributed by atoms with van der Waals surface area (Å²) in [6.07, 6.45) is 6.12. The van der Waals surface area contributed by atoms with Crippen LogP contribution in [0.3, 0.4) is 0 Å². The normalized spacial score (nSPS) is 12.2. The van der Waals surface area contributed by atoms with Gasteiger partial charge in [-0.1, -0.05) is 13.8 Å². The van der Waals surface area contributed by atoms with Crippen molar-refractivity contribution in [2.45, 2.75) is 33.7 Å². The van der Waals surface area contributed by atoms with Crippen LogP contribution in [0.5, 0.6) is 5.88 Å². The zero-order valence-corrected chi connectivity index (χ0v) is 13.3. The van der Waals surface area contributed by atoms with Gasteiger partial charge in [0.15, 0.2) is 0 Å². The van der Waals surface area contributed by atoms with Crippen LogP contribution in [-0.4, -0.2) is 41.1 Å². The fourth-order valence-electron chi connectivity index (χ4n) is 1.53. The second kappa shape index (κ2) is 8.79. The van der Waals surface area contributed by atoms with Gasteiger partial charge in [0.2, 0.25) is 12.0 Å². The van der Waals surface area contributed by atoms with Crippen molar-refractivity contribution in [1.82, 2.24) is 9.78 Å². The van der Waals surface area contributed by atoms with Gasteiger partial charge < -0.3 is 9.47 Å². The molecule has 0 spiro atoms. The molecule has 1 rings (SSSR count). The molecule has 0 aromatic carbocycles. The van der Waals surface area contributed by atoms with Crippen molar-refractivity contribution in [3.63, 3.8) is 0 Å². The standard InChI is InChI=1S/C15H21N3O4/c1-5-21-15(20)13-8-17-18(7-6-12(4)16-10-19)14(13)22-9-11(2)3/h6-8,11-12H,5,9H2,1-4H3/b7-6+. The minimum Gasteiger partial charge on any atom is -0.477 e. The molecule has 0 aliphatic rings. The summed E-state index contributed by atoms with van der Waals surface area (Å²) < 4.78 is 12.1. The van der Waals surface area contributed by atoms with Crippen LogP contribution in [0.15, 0.2) is 17.3 Å². The lowest BCUT2D eigenvalue weighted by atomic mass is 10.2. The van der Waals surface area contributed by atoms with Gasteiger partial charge in [-0.2, -0.15) is 10.1 Å². The summed E-state index contributed by atoms with van der Waals surface area (Å²) in [5.41, 5.74) is 0.263. The number of aliphatic imine (C=N–C) groups is 1. The van der Waals surface area contributed by atoms with Crippen molar-refractivity contribution in [3.05, 3.63) is 17.8 Å². The van der Waals surface area contributed by atoms with Crippen LogP contribution in [0.1, 0.15) is 38.1 Å². The fourth-order valence-corrected chi connectivity index (χ4v) is 1.53. The Kier molecular flexibility index (Phi) is 7.05. The van der Waals surface area contributed by atoms with E-state index in [9.17, 15) is 9.59 Å². The largest absolute Gasteiger partial charge is 0.477 e. The van der Waals surface area contributed by atoms with Crippen LogP contribution in [0, 0.1) is 5.92 Å². The van der Waals surface area contributed by atoms with E-state index in [1.54, 1.807) is 26.1 Å². The lowest BCUT2D eigenvalue weighted by Gasteiger charge is -2.10. The van der Waals surface area contributed by atoms with Gasteiger partial charge in [-0.15, -0.1) is 0 Å². The summed E-state index contributed by atoms with van der Waals surface area (Å²) in [7, 11) is 0. The number of hydrogen-bond donors (Lipinski definition) is 0. The average molecular weight is 307 g/mol. The lowest BCUT2D eigenvalue weighted by molar-refractivity contribution is 0.0520. The molecule has 1 aromatic heterocycles. The summed E-state index contributed by atoms with van der Waals surface area (Å²) >= 11 is 0. The van der Waals surface area contributed by atoms with Crippen LogP contribution in [0.2, 0.25) is 0 Å². The fraction of sp³-hybridized carbons (Fsp3) is 0.533. The number of nitrogens with zero attached hydrogens (tertiary/aromatic N) is 3. The van der Waals surface area contributed by atoms with Crippen molar-refractivity contribution in [1.29, 1.82) is 0 Å². The third-order valence-corrected chi connectivity index (χ3v) is 2.56. The Morgan fingerprint density at radius 3 is 2.82 bits per heavy atom. The van der Waals surface area contributed by atoms with E-state index >= 15 is 0 Å². The maximum Gasteiger partial charge on any atom is 0.345 e. The molecule has 0 amide bonds. The molecule has 0 aliphatic heterocycles. The van der Waals surface area contributed by atoms with Crippen LogP contribution < -0.4 is 4.74 Å². The molecular formula is C15H21N3O4. The Morgan fingerprint density at radius 2 is 2.23 bits per heavy atom. The number of ether oxygens (including phenoxy) is 2. The minimum atomic E-state index is -0.486. The summed E-state index contributed by atoms with van der Waals surface area (Å²) in [4.78, 5) is 25.7. The second-order valence-corrected chi connectivity index (χ2v) is 5.04. The van der Waals surface area contributed by atoms with E-state index in [1.807, 2.05) is 13.8 Å². The van der Waals surface area contributed by atoms with Gasteiger partial charge in [0, 0.05) is 6.20 Å².